The van der Waals surface area contributed by atoms with Crippen LogP contribution in [0.25, 0.3) is 83.7 Å². The number of fused-ring (bicyclic) bond motifs is 4. The van der Waals surface area contributed by atoms with Crippen molar-refractivity contribution in [3.63, 3.8) is 0 Å². The van der Waals surface area contributed by atoms with E-state index in [4.69, 9.17) is 14.4 Å². The Kier molecular flexibility index (Phi) is 10.9. The maximum Gasteiger partial charge on any atom is 0.216 e. The van der Waals surface area contributed by atoms with Gasteiger partial charge in [-0.1, -0.05) is 122 Å². The van der Waals surface area contributed by atoms with Crippen LogP contribution in [0.5, 0.6) is 0 Å². The predicted molar refractivity (Wildman–Crippen MR) is 238 cm³/mol. The second-order valence-corrected chi connectivity index (χ2v) is 20.2. The molecule has 0 N–H and O–H groups in total. The average Bonchev–Trinajstić information content (AvgIpc) is 3.83. The van der Waals surface area contributed by atoms with Gasteiger partial charge in [0, 0.05) is 43.1 Å². The zero-order chi connectivity index (χ0) is 38.9. The Hall–Kier alpha value is -6.24. The molecule has 0 saturated carbocycles. The quantitative estimate of drug-likeness (QED) is 0.123. The molecule has 7 heteroatoms. The molecule has 0 amide bonds. The molecule has 1 radical (unpaired) electrons. The monoisotopic (exact) mass is 945 g/mol. The van der Waals surface area contributed by atoms with Gasteiger partial charge in [-0.2, -0.15) is 0 Å². The summed E-state index contributed by atoms with van der Waals surface area (Å²) in [4.78, 5) is 14.3. The molecule has 0 unspecified atom stereocenters. The second-order valence-electron chi connectivity index (χ2n) is 15.2. The van der Waals surface area contributed by atoms with Crippen LogP contribution in [0, 0.1) is 19.1 Å². The number of nitrogens with zero attached hydrogens (tertiary/aromatic N) is 4. The van der Waals surface area contributed by atoms with E-state index in [2.05, 4.69) is 151 Å². The van der Waals surface area contributed by atoms with Crippen molar-refractivity contribution in [3.8, 4) is 50.6 Å². The van der Waals surface area contributed by atoms with Crippen molar-refractivity contribution >= 4 is 46.4 Å². The van der Waals surface area contributed by atoms with E-state index in [-0.39, 0.29) is 20.1 Å². The first kappa shape index (κ1) is 38.6. The Morgan fingerprint density at radius 1 is 0.621 bits per heavy atom. The molecule has 58 heavy (non-hydrogen) atoms. The van der Waals surface area contributed by atoms with Crippen LogP contribution < -0.4 is 5.19 Å². The van der Waals surface area contributed by atoms with Gasteiger partial charge in [0.2, 0.25) is 5.71 Å². The predicted octanol–water partition coefficient (Wildman–Crippen LogP) is 12.5. The zero-order valence-electron chi connectivity index (χ0n) is 32.7. The summed E-state index contributed by atoms with van der Waals surface area (Å²) < 4.78 is 8.47. The maximum atomic E-state index is 6.29. The van der Waals surface area contributed by atoms with Gasteiger partial charge in [-0.3, -0.25) is 4.98 Å². The van der Waals surface area contributed by atoms with Crippen LogP contribution in [-0.2, 0) is 20.1 Å². The van der Waals surface area contributed by atoms with E-state index >= 15 is 0 Å². The van der Waals surface area contributed by atoms with Crippen LogP contribution in [0.3, 0.4) is 0 Å². The fourth-order valence-corrected chi connectivity index (χ4v) is 8.86. The number of hydrogen-bond donors (Lipinski definition) is 0. The molecule has 10 rings (SSSR count). The molecule has 0 fully saturated rings. The van der Waals surface area contributed by atoms with E-state index in [1.807, 2.05) is 67.6 Å². The third-order valence-corrected chi connectivity index (χ3v) is 12.3. The topological polar surface area (TPSA) is 56.7 Å². The largest absolute Gasteiger partial charge is 0.486 e. The molecule has 0 bridgehead atoms. The minimum Gasteiger partial charge on any atom is -0.486 e. The summed E-state index contributed by atoms with van der Waals surface area (Å²) in [7, 11) is -1.46. The summed E-state index contributed by atoms with van der Waals surface area (Å²) in [5.41, 5.74) is 13.1. The molecule has 5 nitrogen and oxygen atoms in total. The number of rotatable bonds is 6. The van der Waals surface area contributed by atoms with Crippen molar-refractivity contribution in [1.82, 2.24) is 19.5 Å². The van der Waals surface area contributed by atoms with E-state index in [9.17, 15) is 0 Å². The summed E-state index contributed by atoms with van der Waals surface area (Å²) in [6.07, 6.45) is 2.07. The van der Waals surface area contributed by atoms with Crippen molar-refractivity contribution in [1.29, 1.82) is 0 Å². The van der Waals surface area contributed by atoms with Gasteiger partial charge < -0.3 is 14.0 Å². The van der Waals surface area contributed by atoms with Crippen LogP contribution in [0.1, 0.15) is 5.69 Å². The molecule has 4 aromatic heterocycles. The maximum absolute atomic E-state index is 6.29. The summed E-state index contributed by atoms with van der Waals surface area (Å²) >= 11 is 0. The standard InChI is InChI=1S/C31H20N3O.C20H20NSi.Ir/c1-20-14-19-25-24-10-7-11-26(29(24)35-31(25)32-20)30-33-27-12-5-6-13-28(27)34(30)23-17-15-22(16-18-23)21-8-3-2-4-9-21;1-22(2,3)20-15-21-19(17-12-8-5-9-13-17)14-18(20)16-10-6-4-7-11-16;/h2-10,12-19H,1H3;4-12,14-15H,1-3H3;/q2*-1;. The number of hydrogen-bond acceptors (Lipinski definition) is 4. The summed E-state index contributed by atoms with van der Waals surface area (Å²) in [6, 6.07) is 62.8. The molecular formula is C51H40IrN4OSi-2. The van der Waals surface area contributed by atoms with E-state index in [1.54, 1.807) is 0 Å². The number of imidazole rings is 1. The van der Waals surface area contributed by atoms with Crippen molar-refractivity contribution in [3.05, 3.63) is 188 Å². The van der Waals surface area contributed by atoms with Gasteiger partial charge in [-0.25, -0.2) is 4.98 Å². The van der Waals surface area contributed by atoms with Gasteiger partial charge in [0.1, 0.15) is 0 Å². The second kappa shape index (κ2) is 16.3. The summed E-state index contributed by atoms with van der Waals surface area (Å²) in [5, 5.41) is 3.41. The van der Waals surface area contributed by atoms with Gasteiger partial charge in [-0.05, 0) is 76.5 Å². The van der Waals surface area contributed by atoms with Crippen molar-refractivity contribution in [2.75, 3.05) is 0 Å². The minimum atomic E-state index is -1.46. The fourth-order valence-electron chi connectivity index (χ4n) is 7.38. The van der Waals surface area contributed by atoms with Gasteiger partial charge in [0.15, 0.2) is 0 Å². The fraction of sp³-hybridized carbons (Fsp3) is 0.0784. The number of furan rings is 1. The Labute approximate surface area is 353 Å². The molecule has 0 saturated heterocycles. The first-order chi connectivity index (χ1) is 27.8. The molecule has 6 aromatic carbocycles. The van der Waals surface area contributed by atoms with E-state index in [0.29, 0.717) is 5.71 Å². The smallest absolute Gasteiger partial charge is 0.216 e. The SMILES string of the molecule is C[Si](C)(C)c1cnc(-c2[c-]cccc2)cc1-c1ccccc1.Cc1ccc2c(n1)oc1c(-c3nc4ccccc4n3-c3ccc(-c4ccccc4)cc3)[c-]ccc12.[Ir]. The van der Waals surface area contributed by atoms with Gasteiger partial charge >= 0.3 is 0 Å². The van der Waals surface area contributed by atoms with Crippen LogP contribution in [0.2, 0.25) is 19.6 Å². The molecule has 4 heterocycles. The number of benzene rings is 6. The summed E-state index contributed by atoms with van der Waals surface area (Å²) in [6.45, 7) is 9.07. The average molecular weight is 945 g/mol. The Balaban J connectivity index is 0.000000177. The Bertz CT molecular complexity index is 2990. The molecule has 0 aliphatic carbocycles. The normalized spacial score (nSPS) is 11.3. The number of aromatic nitrogens is 4. The molecule has 10 aromatic rings. The van der Waals surface area contributed by atoms with Gasteiger partial charge in [0.25, 0.3) is 0 Å². The van der Waals surface area contributed by atoms with Crippen LogP contribution in [-0.4, -0.2) is 27.6 Å². The van der Waals surface area contributed by atoms with Crippen LogP contribution >= 0.6 is 0 Å². The van der Waals surface area contributed by atoms with Crippen molar-refractivity contribution < 1.29 is 24.5 Å². The number of para-hydroxylation sites is 2. The number of pyridine rings is 2. The zero-order valence-corrected chi connectivity index (χ0v) is 36.1. The molecular weight excluding hydrogens is 905 g/mol. The van der Waals surface area contributed by atoms with E-state index in [0.717, 1.165) is 61.4 Å². The van der Waals surface area contributed by atoms with Gasteiger partial charge in [-0.15, -0.1) is 54.1 Å². The first-order valence-electron chi connectivity index (χ1n) is 19.2. The van der Waals surface area contributed by atoms with E-state index in [1.165, 1.54) is 27.4 Å². The summed E-state index contributed by atoms with van der Waals surface area (Å²) in [5.74, 6) is 0.792. The minimum absolute atomic E-state index is 0. The van der Waals surface area contributed by atoms with Crippen molar-refractivity contribution in [2.24, 2.45) is 0 Å². The van der Waals surface area contributed by atoms with Crippen LogP contribution in [0.4, 0.5) is 0 Å². The molecule has 0 atom stereocenters. The molecule has 0 spiro atoms. The Morgan fingerprint density at radius 2 is 1.31 bits per heavy atom. The van der Waals surface area contributed by atoms with Crippen LogP contribution in [0.15, 0.2) is 174 Å². The first-order valence-corrected chi connectivity index (χ1v) is 22.7. The molecule has 285 valence electrons. The molecule has 0 aliphatic rings. The van der Waals surface area contributed by atoms with Crippen molar-refractivity contribution in [2.45, 2.75) is 26.6 Å². The van der Waals surface area contributed by atoms with Gasteiger partial charge in [0.05, 0.1) is 30.5 Å². The van der Waals surface area contributed by atoms with E-state index < -0.39 is 8.07 Å². The third-order valence-electron chi connectivity index (χ3n) is 10.2. The Morgan fingerprint density at radius 3 is 2.03 bits per heavy atom. The number of aryl methyl sites for hydroxylation is 1. The molecule has 0 aliphatic heterocycles. The third kappa shape index (κ3) is 7.60.